The van der Waals surface area contributed by atoms with Gasteiger partial charge in [-0.15, -0.1) is 0 Å². The summed E-state index contributed by atoms with van der Waals surface area (Å²) in [6.07, 6.45) is 1.51. The van der Waals surface area contributed by atoms with Gasteiger partial charge in [-0.3, -0.25) is 5.10 Å². The Morgan fingerprint density at radius 1 is 1.44 bits per heavy atom. The van der Waals surface area contributed by atoms with Crippen LogP contribution in [0.1, 0.15) is 29.9 Å². The van der Waals surface area contributed by atoms with Crippen LogP contribution in [0.15, 0.2) is 24.5 Å². The summed E-state index contributed by atoms with van der Waals surface area (Å²) < 4.78 is 5.38. The lowest BCUT2D eigenvalue weighted by Crippen LogP contribution is -2.19. The van der Waals surface area contributed by atoms with Crippen molar-refractivity contribution in [2.45, 2.75) is 26.4 Å². The van der Waals surface area contributed by atoms with Gasteiger partial charge in [0.05, 0.1) is 13.7 Å². The van der Waals surface area contributed by atoms with Crippen molar-refractivity contribution >= 4 is 0 Å². The Balaban J connectivity index is 2.08. The largest absolute Gasteiger partial charge is 0.496 e. The number of methoxy groups -OCH3 is 1. The van der Waals surface area contributed by atoms with E-state index in [0.717, 1.165) is 17.1 Å². The highest BCUT2D eigenvalue weighted by atomic mass is 16.5. The summed E-state index contributed by atoms with van der Waals surface area (Å²) in [7, 11) is 1.69. The highest BCUT2D eigenvalue weighted by molar-refractivity contribution is 5.38. The van der Waals surface area contributed by atoms with E-state index in [1.165, 1.54) is 11.9 Å². The van der Waals surface area contributed by atoms with Crippen molar-refractivity contribution in [3.05, 3.63) is 41.5 Å². The molecule has 2 rings (SSSR count). The molecule has 0 saturated carbocycles. The third-order valence-corrected chi connectivity index (χ3v) is 2.89. The van der Waals surface area contributed by atoms with Gasteiger partial charge in [-0.2, -0.15) is 5.10 Å². The maximum atomic E-state index is 5.38. The lowest BCUT2D eigenvalue weighted by molar-refractivity contribution is 0.401. The van der Waals surface area contributed by atoms with E-state index in [-0.39, 0.29) is 6.04 Å². The molecule has 0 fully saturated rings. The lowest BCUT2D eigenvalue weighted by atomic mass is 10.0. The molecule has 0 spiro atoms. The van der Waals surface area contributed by atoms with Gasteiger partial charge < -0.3 is 10.1 Å². The van der Waals surface area contributed by atoms with Crippen LogP contribution >= 0.6 is 0 Å². The Morgan fingerprint density at radius 2 is 2.28 bits per heavy atom. The zero-order valence-corrected chi connectivity index (χ0v) is 10.9. The van der Waals surface area contributed by atoms with Gasteiger partial charge >= 0.3 is 0 Å². The number of ether oxygens (including phenoxy) is 1. The van der Waals surface area contributed by atoms with E-state index in [9.17, 15) is 0 Å². The van der Waals surface area contributed by atoms with Gasteiger partial charge in [-0.1, -0.05) is 17.7 Å². The highest BCUT2D eigenvalue weighted by Crippen LogP contribution is 2.26. The normalized spacial score (nSPS) is 12.4. The van der Waals surface area contributed by atoms with Crippen LogP contribution in [0.2, 0.25) is 0 Å². The Bertz CT molecular complexity index is 496. The number of aromatic nitrogens is 3. The summed E-state index contributed by atoms with van der Waals surface area (Å²) in [5.74, 6) is 1.73. The summed E-state index contributed by atoms with van der Waals surface area (Å²) in [6, 6.07) is 6.37. The van der Waals surface area contributed by atoms with Crippen molar-refractivity contribution in [3.8, 4) is 5.75 Å². The van der Waals surface area contributed by atoms with Gasteiger partial charge in [0.25, 0.3) is 0 Å². The summed E-state index contributed by atoms with van der Waals surface area (Å²) in [4.78, 5) is 4.08. The predicted molar refractivity (Wildman–Crippen MR) is 69.4 cm³/mol. The van der Waals surface area contributed by atoms with Crippen molar-refractivity contribution in [2.75, 3.05) is 7.11 Å². The molecule has 1 aromatic heterocycles. The minimum Gasteiger partial charge on any atom is -0.496 e. The first kappa shape index (κ1) is 12.6. The average molecular weight is 246 g/mol. The highest BCUT2D eigenvalue weighted by Gasteiger charge is 2.11. The fourth-order valence-corrected chi connectivity index (χ4v) is 1.87. The summed E-state index contributed by atoms with van der Waals surface area (Å²) in [5, 5.41) is 10.0. The van der Waals surface area contributed by atoms with Crippen LogP contribution in [0.5, 0.6) is 5.75 Å². The zero-order valence-electron chi connectivity index (χ0n) is 10.9. The van der Waals surface area contributed by atoms with E-state index in [1.807, 2.05) is 12.1 Å². The quantitative estimate of drug-likeness (QED) is 0.846. The predicted octanol–water partition coefficient (Wildman–Crippen LogP) is 1.97. The molecule has 0 radical (unpaired) electrons. The molecule has 0 aliphatic rings. The summed E-state index contributed by atoms with van der Waals surface area (Å²) in [6.45, 7) is 4.83. The van der Waals surface area contributed by atoms with Crippen molar-refractivity contribution in [2.24, 2.45) is 0 Å². The fraction of sp³-hybridized carbons (Fsp3) is 0.385. The van der Waals surface area contributed by atoms with Crippen molar-refractivity contribution < 1.29 is 4.74 Å². The second-order valence-electron chi connectivity index (χ2n) is 4.28. The molecule has 0 amide bonds. The molecule has 2 N–H and O–H groups in total. The van der Waals surface area contributed by atoms with E-state index < -0.39 is 0 Å². The van der Waals surface area contributed by atoms with E-state index in [2.05, 4.69) is 40.4 Å². The third-order valence-electron chi connectivity index (χ3n) is 2.89. The number of rotatable bonds is 5. The van der Waals surface area contributed by atoms with Gasteiger partial charge in [0.1, 0.15) is 17.9 Å². The second-order valence-corrected chi connectivity index (χ2v) is 4.28. The summed E-state index contributed by atoms with van der Waals surface area (Å²) in [5.41, 5.74) is 2.37. The minimum atomic E-state index is 0.185. The second kappa shape index (κ2) is 5.64. The van der Waals surface area contributed by atoms with E-state index in [0.29, 0.717) is 6.54 Å². The van der Waals surface area contributed by atoms with Gasteiger partial charge in [-0.25, -0.2) is 4.98 Å². The summed E-state index contributed by atoms with van der Waals surface area (Å²) >= 11 is 0. The topological polar surface area (TPSA) is 62.8 Å². The van der Waals surface area contributed by atoms with Crippen LogP contribution in [0.4, 0.5) is 0 Å². The van der Waals surface area contributed by atoms with Crippen molar-refractivity contribution in [3.63, 3.8) is 0 Å². The zero-order chi connectivity index (χ0) is 13.0. The van der Waals surface area contributed by atoms with Crippen molar-refractivity contribution in [1.82, 2.24) is 20.5 Å². The van der Waals surface area contributed by atoms with Gasteiger partial charge in [0, 0.05) is 11.6 Å². The molecule has 18 heavy (non-hydrogen) atoms. The standard InChI is InChI=1S/C13H18N4O/c1-9-4-5-12(18-3)11(6-9)10(2)14-7-13-15-8-16-17-13/h4-6,8,10,14H,7H2,1-3H3,(H,15,16,17). The number of hydrogen-bond acceptors (Lipinski definition) is 4. The van der Waals surface area contributed by atoms with Crippen LogP contribution in [0, 0.1) is 6.92 Å². The molecule has 2 aromatic rings. The first-order valence-corrected chi connectivity index (χ1v) is 5.93. The average Bonchev–Trinajstić information content (AvgIpc) is 2.89. The first-order chi connectivity index (χ1) is 8.70. The van der Waals surface area contributed by atoms with Gasteiger partial charge in [-0.05, 0) is 19.9 Å². The van der Waals surface area contributed by atoms with E-state index in [4.69, 9.17) is 4.74 Å². The molecule has 1 aromatic carbocycles. The maximum absolute atomic E-state index is 5.38. The Hall–Kier alpha value is -1.88. The molecule has 5 nitrogen and oxygen atoms in total. The molecule has 0 aliphatic heterocycles. The molecule has 0 bridgehead atoms. The molecule has 1 heterocycles. The number of nitrogens with one attached hydrogen (secondary N) is 2. The Labute approximate surface area is 107 Å². The van der Waals surface area contributed by atoms with Crippen LogP contribution in [0.25, 0.3) is 0 Å². The van der Waals surface area contributed by atoms with Crippen LogP contribution in [-0.4, -0.2) is 22.3 Å². The number of H-pyrrole nitrogens is 1. The first-order valence-electron chi connectivity index (χ1n) is 5.93. The van der Waals surface area contributed by atoms with E-state index in [1.54, 1.807) is 7.11 Å². The SMILES string of the molecule is COc1ccc(C)cc1C(C)NCc1ncn[nH]1. The smallest absolute Gasteiger partial charge is 0.138 e. The monoisotopic (exact) mass is 246 g/mol. The number of aryl methyl sites for hydroxylation is 1. The molecular formula is C13H18N4O. The Kier molecular flexibility index (Phi) is 3.94. The van der Waals surface area contributed by atoms with Gasteiger partial charge in [0.2, 0.25) is 0 Å². The van der Waals surface area contributed by atoms with Crippen molar-refractivity contribution in [1.29, 1.82) is 0 Å². The lowest BCUT2D eigenvalue weighted by Gasteiger charge is -2.17. The molecule has 1 unspecified atom stereocenters. The molecule has 0 saturated heterocycles. The molecule has 0 aliphatic carbocycles. The fourth-order valence-electron chi connectivity index (χ4n) is 1.87. The van der Waals surface area contributed by atoms with Gasteiger partial charge in [0.15, 0.2) is 0 Å². The number of benzene rings is 1. The third kappa shape index (κ3) is 2.87. The van der Waals surface area contributed by atoms with Crippen LogP contribution < -0.4 is 10.1 Å². The van der Waals surface area contributed by atoms with Crippen LogP contribution in [0.3, 0.4) is 0 Å². The maximum Gasteiger partial charge on any atom is 0.138 e. The molecule has 1 atom stereocenters. The minimum absolute atomic E-state index is 0.185. The van der Waals surface area contributed by atoms with Crippen LogP contribution in [-0.2, 0) is 6.54 Å². The molecular weight excluding hydrogens is 228 g/mol. The van der Waals surface area contributed by atoms with E-state index >= 15 is 0 Å². The number of hydrogen-bond donors (Lipinski definition) is 2. The number of nitrogens with zero attached hydrogens (tertiary/aromatic N) is 2. The molecule has 5 heteroatoms. The number of aromatic amines is 1. The molecule has 96 valence electrons. The Morgan fingerprint density at radius 3 is 2.94 bits per heavy atom.